The van der Waals surface area contributed by atoms with E-state index < -0.39 is 19.4 Å². The van der Waals surface area contributed by atoms with Crippen molar-refractivity contribution in [3.05, 3.63) is 18.5 Å². The SMILES string of the molecule is C=CCO/N=C(\C(=O)[O-])c1nsc(NP(=O)(OCC)N2CCOCC2)n1.[Na+]. The number of aliphatic carboxylic acids is 1. The van der Waals surface area contributed by atoms with E-state index in [-0.39, 0.29) is 53.7 Å². The maximum absolute atomic E-state index is 13.1. The van der Waals surface area contributed by atoms with Gasteiger partial charge in [0.25, 0.3) is 0 Å². The molecule has 14 heteroatoms. The molecule has 1 aliphatic heterocycles. The molecular formula is C13H19N5NaO6PS. The molecule has 144 valence electrons. The van der Waals surface area contributed by atoms with Gasteiger partial charge in [0.2, 0.25) is 5.13 Å². The minimum atomic E-state index is -3.42. The van der Waals surface area contributed by atoms with Gasteiger partial charge in [0.05, 0.1) is 25.8 Å². The van der Waals surface area contributed by atoms with E-state index in [4.69, 9.17) is 14.1 Å². The maximum atomic E-state index is 13.1. The van der Waals surface area contributed by atoms with E-state index in [2.05, 4.69) is 26.2 Å². The van der Waals surface area contributed by atoms with Crippen molar-refractivity contribution in [2.24, 2.45) is 5.16 Å². The Morgan fingerprint density at radius 3 is 2.85 bits per heavy atom. The fraction of sp³-hybridized carbons (Fsp3) is 0.538. The normalized spacial score (nSPS) is 17.4. The van der Waals surface area contributed by atoms with Crippen molar-refractivity contribution >= 4 is 36.0 Å². The molecule has 1 N–H and O–H groups in total. The molecule has 0 aliphatic carbocycles. The zero-order chi connectivity index (χ0) is 19.0. The van der Waals surface area contributed by atoms with Crippen LogP contribution in [0.25, 0.3) is 0 Å². The fourth-order valence-electron chi connectivity index (χ4n) is 1.99. The largest absolute Gasteiger partial charge is 1.00 e. The number of carbonyl (C=O) groups is 1. The van der Waals surface area contributed by atoms with Crippen LogP contribution in [0.2, 0.25) is 0 Å². The van der Waals surface area contributed by atoms with Crippen LogP contribution >= 0.6 is 19.2 Å². The molecule has 0 amide bonds. The number of nitrogens with zero attached hydrogens (tertiary/aromatic N) is 4. The number of hydrogen-bond donors (Lipinski definition) is 1. The number of morpholine rings is 1. The van der Waals surface area contributed by atoms with Crippen molar-refractivity contribution in [2.75, 3.05) is 44.6 Å². The summed E-state index contributed by atoms with van der Waals surface area (Å²) in [5, 5.41) is 17.5. The molecule has 11 nitrogen and oxygen atoms in total. The molecule has 1 aliphatic rings. The molecule has 1 atom stereocenters. The Hall–Kier alpha value is -0.850. The molecule has 2 heterocycles. The first-order chi connectivity index (χ1) is 12.5. The van der Waals surface area contributed by atoms with Gasteiger partial charge in [-0.2, -0.15) is 9.36 Å². The van der Waals surface area contributed by atoms with Gasteiger partial charge in [-0.15, -0.1) is 0 Å². The van der Waals surface area contributed by atoms with Gasteiger partial charge in [-0.25, -0.2) is 9.24 Å². The first-order valence-corrected chi connectivity index (χ1v) is 10.1. The van der Waals surface area contributed by atoms with Crippen LogP contribution in [0.4, 0.5) is 5.13 Å². The summed E-state index contributed by atoms with van der Waals surface area (Å²) in [6, 6.07) is 0. The minimum absolute atomic E-state index is 0. The number of nitrogens with one attached hydrogen (secondary N) is 1. The molecule has 0 radical (unpaired) electrons. The zero-order valence-electron chi connectivity index (χ0n) is 15.1. The Balaban J connectivity index is 0.00000364. The third-order valence-corrected chi connectivity index (χ3v) is 6.11. The van der Waals surface area contributed by atoms with E-state index in [0.717, 1.165) is 11.5 Å². The van der Waals surface area contributed by atoms with Crippen molar-refractivity contribution in [2.45, 2.75) is 6.92 Å². The van der Waals surface area contributed by atoms with Crippen LogP contribution in [0.1, 0.15) is 12.7 Å². The van der Waals surface area contributed by atoms with E-state index in [0.29, 0.717) is 26.3 Å². The smallest absolute Gasteiger partial charge is 0.543 e. The number of anilines is 1. The first-order valence-electron chi connectivity index (χ1n) is 7.72. The molecule has 0 aromatic carbocycles. The Kier molecular flexibility index (Phi) is 10.6. The van der Waals surface area contributed by atoms with Crippen molar-refractivity contribution in [1.82, 2.24) is 14.0 Å². The molecule has 0 bridgehead atoms. The van der Waals surface area contributed by atoms with Crippen LogP contribution in [0, 0.1) is 0 Å². The molecule has 1 saturated heterocycles. The molecule has 1 aromatic heterocycles. The molecule has 2 rings (SSSR count). The molecule has 0 spiro atoms. The van der Waals surface area contributed by atoms with Gasteiger partial charge in [-0.05, 0) is 6.92 Å². The fourth-order valence-corrected chi connectivity index (χ4v) is 4.62. The number of carboxylic acids is 1. The number of carbonyl (C=O) groups excluding carboxylic acids is 1. The average Bonchev–Trinajstić information content (AvgIpc) is 3.07. The molecule has 1 unspecified atom stereocenters. The summed E-state index contributed by atoms with van der Waals surface area (Å²) in [6.45, 7) is 7.10. The van der Waals surface area contributed by atoms with Gasteiger partial charge in [0.15, 0.2) is 11.5 Å². The van der Waals surface area contributed by atoms with E-state index in [1.165, 1.54) is 6.08 Å². The van der Waals surface area contributed by atoms with Crippen molar-refractivity contribution in [1.29, 1.82) is 0 Å². The van der Waals surface area contributed by atoms with Crippen molar-refractivity contribution in [3.63, 3.8) is 0 Å². The monoisotopic (exact) mass is 427 g/mol. The average molecular weight is 427 g/mol. The number of aromatic nitrogens is 2. The summed E-state index contributed by atoms with van der Waals surface area (Å²) >= 11 is 0.821. The predicted molar refractivity (Wildman–Crippen MR) is 92.8 cm³/mol. The van der Waals surface area contributed by atoms with E-state index in [1.807, 2.05) is 0 Å². The Labute approximate surface area is 182 Å². The molecule has 1 fully saturated rings. The van der Waals surface area contributed by atoms with E-state index >= 15 is 0 Å². The predicted octanol–water partition coefficient (Wildman–Crippen LogP) is -2.91. The summed E-state index contributed by atoms with van der Waals surface area (Å²) in [4.78, 5) is 20.0. The van der Waals surface area contributed by atoms with Gasteiger partial charge in [0.1, 0.15) is 6.61 Å². The summed E-state index contributed by atoms with van der Waals surface area (Å²) in [7, 11) is -3.42. The topological polar surface area (TPSA) is 138 Å². The third-order valence-electron chi connectivity index (χ3n) is 3.08. The summed E-state index contributed by atoms with van der Waals surface area (Å²) in [5.41, 5.74) is -0.575. The number of carboxylic acid groups (broad SMARTS) is 1. The van der Waals surface area contributed by atoms with Gasteiger partial charge < -0.3 is 24.0 Å². The second-order valence-corrected chi connectivity index (χ2v) is 7.69. The van der Waals surface area contributed by atoms with E-state index in [1.54, 1.807) is 11.6 Å². The van der Waals surface area contributed by atoms with Crippen LogP contribution in [-0.2, 0) is 23.5 Å². The van der Waals surface area contributed by atoms with Gasteiger partial charge >= 0.3 is 37.2 Å². The standard InChI is InChI=1S/C13H20N5O6PS.Na/c1-3-7-23-15-10(12(19)20)11-14-13(26-17-11)16-25(21,24-4-2)18-5-8-22-9-6-18;/h3H,1,4-9H2,2H3,(H,19,20)(H,14,16,17,21);/q;+1/p-1/b15-10-;. The zero-order valence-corrected chi connectivity index (χ0v) is 18.8. The number of rotatable bonds is 10. The maximum Gasteiger partial charge on any atom is 1.00 e. The Morgan fingerprint density at radius 2 is 2.26 bits per heavy atom. The van der Waals surface area contributed by atoms with Crippen LogP contribution < -0.4 is 39.8 Å². The Bertz CT molecular complexity index is 711. The number of ether oxygens (including phenoxy) is 1. The minimum Gasteiger partial charge on any atom is -0.543 e. The number of hydrogen-bond acceptors (Lipinski definition) is 10. The second-order valence-electron chi connectivity index (χ2n) is 4.85. The molecule has 0 saturated carbocycles. The first kappa shape index (κ1) is 24.2. The van der Waals surface area contributed by atoms with Gasteiger partial charge in [-0.3, -0.25) is 5.09 Å². The molecule has 1 aromatic rings. The van der Waals surface area contributed by atoms with E-state index in [9.17, 15) is 14.5 Å². The van der Waals surface area contributed by atoms with Crippen LogP contribution in [0.15, 0.2) is 17.8 Å². The quantitative estimate of drug-likeness (QED) is 0.103. The van der Waals surface area contributed by atoms with Crippen molar-refractivity contribution in [3.8, 4) is 0 Å². The summed E-state index contributed by atoms with van der Waals surface area (Å²) in [5.74, 6) is -1.81. The molecule has 27 heavy (non-hydrogen) atoms. The van der Waals surface area contributed by atoms with Gasteiger partial charge in [0, 0.05) is 24.6 Å². The number of oxime groups is 1. The summed E-state index contributed by atoms with van der Waals surface area (Å²) in [6.07, 6.45) is 1.40. The van der Waals surface area contributed by atoms with Crippen molar-refractivity contribution < 1.29 is 58.1 Å². The summed E-state index contributed by atoms with van der Waals surface area (Å²) < 4.78 is 29.4. The third kappa shape index (κ3) is 6.91. The van der Waals surface area contributed by atoms with Gasteiger partial charge in [-0.1, -0.05) is 17.8 Å². The van der Waals surface area contributed by atoms with Crippen LogP contribution in [-0.4, -0.2) is 65.2 Å². The van der Waals surface area contributed by atoms with Crippen LogP contribution in [0.5, 0.6) is 0 Å². The second kappa shape index (κ2) is 11.9. The Morgan fingerprint density at radius 1 is 1.56 bits per heavy atom. The van der Waals surface area contributed by atoms with Crippen LogP contribution in [0.3, 0.4) is 0 Å². The molecular weight excluding hydrogens is 408 g/mol.